The van der Waals surface area contributed by atoms with Crippen LogP contribution in [0.3, 0.4) is 0 Å². The number of benzene rings is 1. The van der Waals surface area contributed by atoms with Gasteiger partial charge in [-0.3, -0.25) is 19.1 Å². The SMILES string of the molecule is Cn1cc(CCn2cc(CN3CCN(C(=O)c4c(Cl)cc(Cl)cc4Cl)CC3)nn2)nn1. The molecule has 0 spiro atoms. The van der Waals surface area contributed by atoms with Crippen molar-refractivity contribution in [2.24, 2.45) is 7.05 Å². The van der Waals surface area contributed by atoms with E-state index in [4.69, 9.17) is 34.8 Å². The molecule has 1 fully saturated rings. The number of carbonyl (C=O) groups is 1. The Kier molecular flexibility index (Phi) is 6.76. The maximum absolute atomic E-state index is 12.9. The predicted octanol–water partition coefficient (Wildman–Crippen LogP) is 2.57. The lowest BCUT2D eigenvalue weighted by Crippen LogP contribution is -2.48. The maximum Gasteiger partial charge on any atom is 0.256 e. The van der Waals surface area contributed by atoms with Crippen molar-refractivity contribution < 1.29 is 4.79 Å². The highest BCUT2D eigenvalue weighted by Gasteiger charge is 2.26. The highest BCUT2D eigenvalue weighted by molar-refractivity contribution is 6.42. The third kappa shape index (κ3) is 5.35. The summed E-state index contributed by atoms with van der Waals surface area (Å²) in [5.41, 5.74) is 2.11. The van der Waals surface area contributed by atoms with Gasteiger partial charge < -0.3 is 4.90 Å². The Morgan fingerprint density at radius 1 is 0.968 bits per heavy atom. The quantitative estimate of drug-likeness (QED) is 0.536. The molecule has 4 rings (SSSR count). The minimum absolute atomic E-state index is 0.179. The molecule has 0 atom stereocenters. The van der Waals surface area contributed by atoms with Crippen LogP contribution in [0.2, 0.25) is 15.1 Å². The summed E-state index contributed by atoms with van der Waals surface area (Å²) in [6.07, 6.45) is 4.58. The molecule has 31 heavy (non-hydrogen) atoms. The minimum atomic E-state index is -0.179. The minimum Gasteiger partial charge on any atom is -0.336 e. The number of piperazine rings is 1. The van der Waals surface area contributed by atoms with Crippen molar-refractivity contribution in [2.45, 2.75) is 19.5 Å². The summed E-state index contributed by atoms with van der Waals surface area (Å²) in [4.78, 5) is 16.9. The molecular weight excluding hydrogens is 463 g/mol. The van der Waals surface area contributed by atoms with Gasteiger partial charge in [-0.15, -0.1) is 10.2 Å². The van der Waals surface area contributed by atoms with E-state index in [2.05, 4.69) is 25.5 Å². The Labute approximate surface area is 194 Å². The topological polar surface area (TPSA) is 85.0 Å². The van der Waals surface area contributed by atoms with Crippen LogP contribution in [0.15, 0.2) is 24.5 Å². The monoisotopic (exact) mass is 482 g/mol. The van der Waals surface area contributed by atoms with Crippen molar-refractivity contribution >= 4 is 40.7 Å². The second-order valence-electron chi connectivity index (χ2n) is 7.42. The van der Waals surface area contributed by atoms with Crippen LogP contribution in [0.25, 0.3) is 0 Å². The number of nitrogens with zero attached hydrogens (tertiary/aromatic N) is 8. The number of amides is 1. The van der Waals surface area contributed by atoms with Gasteiger partial charge in [-0.25, -0.2) is 0 Å². The molecule has 1 saturated heterocycles. The maximum atomic E-state index is 12.9. The third-order valence-electron chi connectivity index (χ3n) is 5.10. The average Bonchev–Trinajstić information content (AvgIpc) is 3.34. The van der Waals surface area contributed by atoms with E-state index in [1.165, 1.54) is 12.1 Å². The van der Waals surface area contributed by atoms with Crippen LogP contribution in [0.4, 0.5) is 0 Å². The normalized spacial score (nSPS) is 14.9. The van der Waals surface area contributed by atoms with Crippen LogP contribution >= 0.6 is 34.8 Å². The van der Waals surface area contributed by atoms with Crippen molar-refractivity contribution in [3.63, 3.8) is 0 Å². The number of halogens is 3. The molecule has 12 heteroatoms. The first-order chi connectivity index (χ1) is 14.9. The number of hydrogen-bond donors (Lipinski definition) is 0. The third-order valence-corrected chi connectivity index (χ3v) is 5.91. The van der Waals surface area contributed by atoms with Gasteiger partial charge in [0.2, 0.25) is 0 Å². The molecule has 0 aliphatic carbocycles. The van der Waals surface area contributed by atoms with Crippen LogP contribution < -0.4 is 0 Å². The van der Waals surface area contributed by atoms with Crippen LogP contribution in [0, 0.1) is 0 Å². The molecule has 2 aromatic heterocycles. The van der Waals surface area contributed by atoms with Gasteiger partial charge in [0.05, 0.1) is 27.0 Å². The molecule has 1 aromatic carbocycles. The number of rotatable bonds is 6. The van der Waals surface area contributed by atoms with Crippen LogP contribution in [-0.2, 0) is 26.6 Å². The molecule has 164 valence electrons. The standard InChI is InChI=1S/C19H21Cl3N8O/c1-27-10-14(23-25-27)2-3-30-12-15(24-26-30)11-28-4-6-29(7-5-28)19(31)18-16(21)8-13(20)9-17(18)22/h8-10,12H,2-7,11H2,1H3. The van der Waals surface area contributed by atoms with Gasteiger partial charge in [0.1, 0.15) is 0 Å². The van der Waals surface area contributed by atoms with Crippen LogP contribution in [0.5, 0.6) is 0 Å². The molecule has 0 radical (unpaired) electrons. The molecule has 1 aliphatic rings. The average molecular weight is 484 g/mol. The summed E-state index contributed by atoms with van der Waals surface area (Å²) < 4.78 is 3.50. The smallest absolute Gasteiger partial charge is 0.256 e. The fourth-order valence-corrected chi connectivity index (χ4v) is 4.48. The lowest BCUT2D eigenvalue weighted by Gasteiger charge is -2.34. The van der Waals surface area contributed by atoms with Gasteiger partial charge in [-0.1, -0.05) is 45.2 Å². The molecule has 9 nitrogen and oxygen atoms in total. The molecule has 1 amide bonds. The number of hydrogen-bond acceptors (Lipinski definition) is 6. The predicted molar refractivity (Wildman–Crippen MR) is 117 cm³/mol. The summed E-state index contributed by atoms with van der Waals surface area (Å²) in [6.45, 7) is 3.97. The lowest BCUT2D eigenvalue weighted by atomic mass is 10.1. The Morgan fingerprint density at radius 2 is 1.65 bits per heavy atom. The fraction of sp³-hybridized carbons (Fsp3) is 0.421. The van der Waals surface area contributed by atoms with Crippen molar-refractivity contribution in [1.29, 1.82) is 0 Å². The van der Waals surface area contributed by atoms with Crippen molar-refractivity contribution in [3.8, 4) is 0 Å². The Bertz CT molecular complexity index is 1050. The molecule has 0 saturated carbocycles. The van der Waals surface area contributed by atoms with E-state index in [0.29, 0.717) is 36.8 Å². The largest absolute Gasteiger partial charge is 0.336 e. The van der Waals surface area contributed by atoms with Gasteiger partial charge >= 0.3 is 0 Å². The molecule has 0 bridgehead atoms. The lowest BCUT2D eigenvalue weighted by molar-refractivity contribution is 0.0627. The van der Waals surface area contributed by atoms with Crippen molar-refractivity contribution in [2.75, 3.05) is 26.2 Å². The molecule has 0 N–H and O–H groups in total. The van der Waals surface area contributed by atoms with Crippen molar-refractivity contribution in [3.05, 3.63) is 56.5 Å². The van der Waals surface area contributed by atoms with Crippen LogP contribution in [0.1, 0.15) is 21.7 Å². The molecule has 3 aromatic rings. The van der Waals surface area contributed by atoms with Crippen LogP contribution in [-0.4, -0.2) is 71.9 Å². The Balaban J connectivity index is 1.29. The highest BCUT2D eigenvalue weighted by atomic mass is 35.5. The van der Waals surface area contributed by atoms with E-state index in [9.17, 15) is 4.79 Å². The molecule has 1 aliphatic heterocycles. The summed E-state index contributed by atoms with van der Waals surface area (Å²) in [7, 11) is 1.84. The van der Waals surface area contributed by atoms with Gasteiger partial charge in [-0.2, -0.15) is 0 Å². The summed E-state index contributed by atoms with van der Waals surface area (Å²) >= 11 is 18.3. The van der Waals surface area contributed by atoms with Gasteiger partial charge in [0, 0.05) is 70.2 Å². The zero-order valence-corrected chi connectivity index (χ0v) is 19.1. The second kappa shape index (κ2) is 9.52. The number of aromatic nitrogens is 6. The number of aryl methyl sites for hydroxylation is 3. The first-order valence-electron chi connectivity index (χ1n) is 9.79. The van der Waals surface area contributed by atoms with E-state index in [-0.39, 0.29) is 16.0 Å². The zero-order valence-electron chi connectivity index (χ0n) is 16.9. The van der Waals surface area contributed by atoms with Gasteiger partial charge in [-0.05, 0) is 12.1 Å². The first kappa shape index (κ1) is 22.0. The number of carbonyl (C=O) groups excluding carboxylic acids is 1. The first-order valence-corrected chi connectivity index (χ1v) is 10.9. The molecule has 0 unspecified atom stereocenters. The molecular formula is C19H21Cl3N8O. The van der Waals surface area contributed by atoms with E-state index < -0.39 is 0 Å². The fourth-order valence-electron chi connectivity index (χ4n) is 3.50. The van der Waals surface area contributed by atoms with Crippen molar-refractivity contribution in [1.82, 2.24) is 39.8 Å². The van der Waals surface area contributed by atoms with E-state index in [1.54, 1.807) is 9.58 Å². The van der Waals surface area contributed by atoms with Gasteiger partial charge in [0.15, 0.2) is 0 Å². The zero-order chi connectivity index (χ0) is 22.0. The van der Waals surface area contributed by atoms with E-state index in [0.717, 1.165) is 30.9 Å². The van der Waals surface area contributed by atoms with E-state index >= 15 is 0 Å². The Morgan fingerprint density at radius 3 is 2.29 bits per heavy atom. The summed E-state index contributed by atoms with van der Waals surface area (Å²) in [6, 6.07) is 3.07. The summed E-state index contributed by atoms with van der Waals surface area (Å²) in [5, 5.41) is 17.4. The second-order valence-corrected chi connectivity index (χ2v) is 8.67. The summed E-state index contributed by atoms with van der Waals surface area (Å²) in [5.74, 6) is -0.179. The Hall–Kier alpha value is -2.20. The van der Waals surface area contributed by atoms with Gasteiger partial charge in [0.25, 0.3) is 5.91 Å². The highest BCUT2D eigenvalue weighted by Crippen LogP contribution is 2.30. The van der Waals surface area contributed by atoms with E-state index in [1.807, 2.05) is 24.1 Å². The molecule has 3 heterocycles.